The van der Waals surface area contributed by atoms with Crippen LogP contribution >= 0.6 is 35.0 Å². The van der Waals surface area contributed by atoms with Crippen molar-refractivity contribution in [2.24, 2.45) is 0 Å². The van der Waals surface area contributed by atoms with Crippen LogP contribution in [0.3, 0.4) is 0 Å². The van der Waals surface area contributed by atoms with Gasteiger partial charge >= 0.3 is 0 Å². The van der Waals surface area contributed by atoms with E-state index in [0.717, 1.165) is 39.3 Å². The first-order valence-electron chi connectivity index (χ1n) is 8.47. The molecule has 29 heavy (non-hydrogen) atoms. The number of fused-ring (bicyclic) bond motifs is 2. The Hall–Kier alpha value is -2.87. The second-order valence-corrected chi connectivity index (χ2v) is 8.19. The number of nitrogens with one attached hydrogen (secondary N) is 2. The molecule has 0 radical (unpaired) electrons. The second-order valence-electron chi connectivity index (χ2n) is 6.36. The molecule has 0 spiro atoms. The Bertz CT molecular complexity index is 1340. The van der Waals surface area contributed by atoms with Gasteiger partial charge in [-0.15, -0.1) is 0 Å². The number of imide groups is 1. The monoisotopic (exact) mass is 440 g/mol. The SMILES string of the molecule is O=C1NC(=O)C(=Cc2ccc3cc(-c4nc5cc(Cl)c(Cl)cc5[nH]4)ccc3n2)S1. The Balaban J connectivity index is 1.52. The molecular formula is C20H10Cl2N4O2S. The van der Waals surface area contributed by atoms with Crippen LogP contribution in [-0.2, 0) is 4.79 Å². The van der Waals surface area contributed by atoms with E-state index in [4.69, 9.17) is 23.2 Å². The standard InChI is InChI=1S/C20H10Cl2N4O2S/c21-12-7-15-16(8-13(12)22)25-18(24-15)10-2-4-14-9(5-10)1-3-11(23-14)6-17-19(27)26-20(28)29-17/h1-8H,(H,24,25)(H,26,27,28). The summed E-state index contributed by atoms with van der Waals surface area (Å²) in [4.78, 5) is 35.7. The lowest BCUT2D eigenvalue weighted by atomic mass is 10.1. The number of pyridine rings is 1. The van der Waals surface area contributed by atoms with Gasteiger partial charge in [0.15, 0.2) is 0 Å². The molecule has 1 aliphatic rings. The fourth-order valence-corrected chi connectivity index (χ4v) is 4.05. The molecule has 142 valence electrons. The predicted octanol–water partition coefficient (Wildman–Crippen LogP) is 5.41. The number of carbonyl (C=O) groups excluding carboxylic acids is 2. The Kier molecular flexibility index (Phi) is 4.31. The molecule has 0 bridgehead atoms. The van der Waals surface area contributed by atoms with E-state index < -0.39 is 5.91 Å². The maximum absolute atomic E-state index is 11.7. The number of hydrogen-bond donors (Lipinski definition) is 2. The van der Waals surface area contributed by atoms with Gasteiger partial charge in [0.2, 0.25) is 0 Å². The number of hydrogen-bond acceptors (Lipinski definition) is 5. The highest BCUT2D eigenvalue weighted by Crippen LogP contribution is 2.30. The summed E-state index contributed by atoms with van der Waals surface area (Å²) in [6.45, 7) is 0. The van der Waals surface area contributed by atoms with Crippen molar-refractivity contribution in [3.05, 3.63) is 63.1 Å². The molecule has 0 aliphatic carbocycles. The number of benzene rings is 2. The molecule has 0 saturated carbocycles. The summed E-state index contributed by atoms with van der Waals surface area (Å²) in [6.07, 6.45) is 1.60. The molecule has 2 amide bonds. The van der Waals surface area contributed by atoms with Gasteiger partial charge in [0.1, 0.15) is 5.82 Å². The minimum absolute atomic E-state index is 0.332. The molecule has 5 rings (SSSR count). The van der Waals surface area contributed by atoms with Gasteiger partial charge in [-0.05, 0) is 54.2 Å². The van der Waals surface area contributed by atoms with Gasteiger partial charge < -0.3 is 4.98 Å². The van der Waals surface area contributed by atoms with Crippen LogP contribution in [0.4, 0.5) is 4.79 Å². The van der Waals surface area contributed by atoms with Crippen LogP contribution in [0, 0.1) is 0 Å². The molecule has 6 nitrogen and oxygen atoms in total. The molecular weight excluding hydrogens is 431 g/mol. The number of aromatic amines is 1. The van der Waals surface area contributed by atoms with Crippen LogP contribution in [0.15, 0.2) is 47.4 Å². The molecule has 3 heterocycles. The van der Waals surface area contributed by atoms with Crippen molar-refractivity contribution < 1.29 is 9.59 Å². The van der Waals surface area contributed by atoms with E-state index in [2.05, 4.69) is 20.3 Å². The summed E-state index contributed by atoms with van der Waals surface area (Å²) in [5.74, 6) is 0.298. The lowest BCUT2D eigenvalue weighted by Gasteiger charge is -2.02. The van der Waals surface area contributed by atoms with Gasteiger partial charge in [0.05, 0.1) is 37.2 Å². The number of carbonyl (C=O) groups is 2. The Morgan fingerprint density at radius 2 is 1.76 bits per heavy atom. The molecule has 9 heteroatoms. The quantitative estimate of drug-likeness (QED) is 0.406. The Morgan fingerprint density at radius 3 is 2.55 bits per heavy atom. The highest BCUT2D eigenvalue weighted by Gasteiger charge is 2.25. The second kappa shape index (κ2) is 6.88. The summed E-state index contributed by atoms with van der Waals surface area (Å²) in [5, 5.41) is 3.70. The van der Waals surface area contributed by atoms with Crippen molar-refractivity contribution in [2.75, 3.05) is 0 Å². The van der Waals surface area contributed by atoms with E-state index in [9.17, 15) is 9.59 Å². The number of thioether (sulfide) groups is 1. The fourth-order valence-electron chi connectivity index (χ4n) is 3.07. The van der Waals surface area contributed by atoms with Crippen LogP contribution in [-0.4, -0.2) is 26.1 Å². The highest BCUT2D eigenvalue weighted by molar-refractivity contribution is 8.18. The van der Waals surface area contributed by atoms with E-state index in [1.165, 1.54) is 0 Å². The van der Waals surface area contributed by atoms with E-state index >= 15 is 0 Å². The van der Waals surface area contributed by atoms with Crippen LogP contribution in [0.1, 0.15) is 5.69 Å². The number of H-pyrrole nitrogens is 1. The van der Waals surface area contributed by atoms with Gasteiger partial charge in [-0.25, -0.2) is 9.97 Å². The van der Waals surface area contributed by atoms with Crippen LogP contribution in [0.2, 0.25) is 10.0 Å². The molecule has 2 aromatic heterocycles. The normalized spacial score (nSPS) is 15.6. The first-order chi connectivity index (χ1) is 14.0. The zero-order valence-corrected chi connectivity index (χ0v) is 16.8. The van der Waals surface area contributed by atoms with Gasteiger partial charge in [0.25, 0.3) is 11.1 Å². The van der Waals surface area contributed by atoms with E-state index in [0.29, 0.717) is 26.5 Å². The summed E-state index contributed by atoms with van der Waals surface area (Å²) in [7, 11) is 0. The highest BCUT2D eigenvalue weighted by atomic mass is 35.5. The zero-order chi connectivity index (χ0) is 20.1. The van der Waals surface area contributed by atoms with Crippen LogP contribution in [0.25, 0.3) is 39.4 Å². The minimum atomic E-state index is -0.401. The minimum Gasteiger partial charge on any atom is -0.338 e. The van der Waals surface area contributed by atoms with Gasteiger partial charge in [-0.3, -0.25) is 14.9 Å². The maximum atomic E-state index is 11.7. The first kappa shape index (κ1) is 18.2. The molecule has 1 fully saturated rings. The Morgan fingerprint density at radius 1 is 0.931 bits per heavy atom. The number of halogens is 2. The van der Waals surface area contributed by atoms with E-state index in [1.807, 2.05) is 24.3 Å². The molecule has 4 aromatic rings. The van der Waals surface area contributed by atoms with E-state index in [1.54, 1.807) is 24.3 Å². The fraction of sp³-hybridized carbons (Fsp3) is 0. The topological polar surface area (TPSA) is 87.7 Å². The van der Waals surface area contributed by atoms with Gasteiger partial charge in [-0.1, -0.05) is 29.3 Å². The number of rotatable bonds is 2. The third kappa shape index (κ3) is 3.37. The number of nitrogens with zero attached hydrogens (tertiary/aromatic N) is 2. The van der Waals surface area contributed by atoms with Crippen molar-refractivity contribution in [3.63, 3.8) is 0 Å². The van der Waals surface area contributed by atoms with Gasteiger partial charge in [-0.2, -0.15) is 0 Å². The van der Waals surface area contributed by atoms with Crippen molar-refractivity contribution in [1.29, 1.82) is 0 Å². The summed E-state index contributed by atoms with van der Waals surface area (Å²) in [5.41, 5.74) is 3.80. The summed E-state index contributed by atoms with van der Waals surface area (Å²) < 4.78 is 0. The average Bonchev–Trinajstić information content (AvgIpc) is 3.24. The molecule has 2 aromatic carbocycles. The van der Waals surface area contributed by atoms with E-state index in [-0.39, 0.29) is 5.24 Å². The summed E-state index contributed by atoms with van der Waals surface area (Å²) >= 11 is 13.0. The number of amides is 2. The first-order valence-corrected chi connectivity index (χ1v) is 10.0. The van der Waals surface area contributed by atoms with Crippen molar-refractivity contribution >= 4 is 74.1 Å². The number of imidazole rings is 1. The molecule has 1 aliphatic heterocycles. The maximum Gasteiger partial charge on any atom is 0.290 e. The molecule has 0 unspecified atom stereocenters. The Labute approximate surface area is 178 Å². The predicted molar refractivity (Wildman–Crippen MR) is 116 cm³/mol. The molecule has 2 N–H and O–H groups in total. The lowest BCUT2D eigenvalue weighted by Crippen LogP contribution is -2.17. The largest absolute Gasteiger partial charge is 0.338 e. The summed E-state index contributed by atoms with van der Waals surface area (Å²) in [6, 6.07) is 13.0. The number of aromatic nitrogens is 3. The third-order valence-corrected chi connectivity index (χ3v) is 5.96. The van der Waals surface area contributed by atoms with Crippen molar-refractivity contribution in [1.82, 2.24) is 20.3 Å². The van der Waals surface area contributed by atoms with Crippen molar-refractivity contribution in [3.8, 4) is 11.4 Å². The smallest absolute Gasteiger partial charge is 0.290 e. The molecule has 1 saturated heterocycles. The lowest BCUT2D eigenvalue weighted by molar-refractivity contribution is -0.115. The zero-order valence-electron chi connectivity index (χ0n) is 14.5. The van der Waals surface area contributed by atoms with Crippen LogP contribution in [0.5, 0.6) is 0 Å². The third-order valence-electron chi connectivity index (χ3n) is 4.43. The van der Waals surface area contributed by atoms with Gasteiger partial charge in [0, 0.05) is 10.9 Å². The molecule has 0 atom stereocenters. The van der Waals surface area contributed by atoms with Crippen molar-refractivity contribution in [2.45, 2.75) is 0 Å². The van der Waals surface area contributed by atoms with Crippen LogP contribution < -0.4 is 5.32 Å². The average molecular weight is 441 g/mol.